The molecule has 5 nitrogen and oxygen atoms in total. The summed E-state index contributed by atoms with van der Waals surface area (Å²) in [6.45, 7) is 8.29. The van der Waals surface area contributed by atoms with Crippen LogP contribution in [0.5, 0.6) is 0 Å². The quantitative estimate of drug-likeness (QED) is 0.625. The molecular formula is C16H35N5. The molecular weight excluding hydrogens is 262 g/mol. The van der Waals surface area contributed by atoms with Crippen molar-refractivity contribution in [3.8, 4) is 0 Å². The monoisotopic (exact) mass is 297 g/mol. The van der Waals surface area contributed by atoms with Crippen molar-refractivity contribution in [2.24, 2.45) is 22.6 Å². The van der Waals surface area contributed by atoms with E-state index in [2.05, 4.69) is 9.80 Å². The summed E-state index contributed by atoms with van der Waals surface area (Å²) in [5, 5.41) is 0. The van der Waals surface area contributed by atoms with Crippen LogP contribution in [0, 0.1) is 5.41 Å². The minimum Gasteiger partial charge on any atom is -0.329 e. The Bertz CT molecular complexity index is 282. The van der Waals surface area contributed by atoms with Crippen LogP contribution in [0.15, 0.2) is 0 Å². The molecule has 0 bridgehead atoms. The zero-order valence-electron chi connectivity index (χ0n) is 13.6. The van der Waals surface area contributed by atoms with E-state index in [9.17, 15) is 0 Å². The number of rotatable bonds is 7. The van der Waals surface area contributed by atoms with Crippen LogP contribution in [0.2, 0.25) is 0 Å². The first kappa shape index (κ1) is 17.2. The number of piperazine rings is 1. The molecule has 0 spiro atoms. The van der Waals surface area contributed by atoms with E-state index >= 15 is 0 Å². The van der Waals surface area contributed by atoms with Gasteiger partial charge < -0.3 is 22.1 Å². The van der Waals surface area contributed by atoms with Gasteiger partial charge in [0.2, 0.25) is 0 Å². The van der Waals surface area contributed by atoms with Crippen molar-refractivity contribution in [1.82, 2.24) is 9.80 Å². The van der Waals surface area contributed by atoms with Gasteiger partial charge in [0.05, 0.1) is 0 Å². The number of nitrogens with two attached hydrogens (primary N) is 3. The van der Waals surface area contributed by atoms with Crippen LogP contribution in [0.3, 0.4) is 0 Å². The second-order valence-electron chi connectivity index (χ2n) is 6.99. The lowest BCUT2D eigenvalue weighted by Crippen LogP contribution is -2.51. The fourth-order valence-corrected chi connectivity index (χ4v) is 4.11. The Hall–Kier alpha value is -0.200. The largest absolute Gasteiger partial charge is 0.329 e. The minimum atomic E-state index is 0.177. The van der Waals surface area contributed by atoms with Crippen LogP contribution in [-0.4, -0.2) is 68.2 Å². The fourth-order valence-electron chi connectivity index (χ4n) is 4.11. The van der Waals surface area contributed by atoms with Crippen molar-refractivity contribution in [1.29, 1.82) is 0 Å². The van der Waals surface area contributed by atoms with Gasteiger partial charge in [0.25, 0.3) is 0 Å². The molecule has 0 aromatic carbocycles. The first-order chi connectivity index (χ1) is 10.2. The van der Waals surface area contributed by atoms with E-state index < -0.39 is 0 Å². The predicted octanol–water partition coefficient (Wildman–Crippen LogP) is 0.189. The lowest BCUT2D eigenvalue weighted by atomic mass is 9.67. The Balaban J connectivity index is 1.80. The molecule has 6 N–H and O–H groups in total. The highest BCUT2D eigenvalue weighted by atomic mass is 15.3. The molecule has 0 aromatic heterocycles. The maximum Gasteiger partial charge on any atom is 0.0220 e. The van der Waals surface area contributed by atoms with Gasteiger partial charge in [-0.1, -0.05) is 19.3 Å². The highest BCUT2D eigenvalue weighted by molar-refractivity contribution is 4.93. The fraction of sp³-hybridized carbons (Fsp3) is 1.00. The van der Waals surface area contributed by atoms with Crippen LogP contribution in [0.25, 0.3) is 0 Å². The van der Waals surface area contributed by atoms with Crippen LogP contribution in [-0.2, 0) is 0 Å². The van der Waals surface area contributed by atoms with Crippen molar-refractivity contribution in [3.63, 3.8) is 0 Å². The summed E-state index contributed by atoms with van der Waals surface area (Å²) in [4.78, 5) is 5.07. The second kappa shape index (κ2) is 8.44. The first-order valence-corrected chi connectivity index (χ1v) is 8.80. The molecule has 1 aliphatic heterocycles. The maximum atomic E-state index is 6.39. The molecule has 1 saturated heterocycles. The zero-order chi connectivity index (χ0) is 15.1. The van der Waals surface area contributed by atoms with Gasteiger partial charge in [0.1, 0.15) is 0 Å². The van der Waals surface area contributed by atoms with Crippen LogP contribution < -0.4 is 17.2 Å². The third-order valence-corrected chi connectivity index (χ3v) is 5.73. The van der Waals surface area contributed by atoms with E-state index in [1.807, 2.05) is 0 Å². The van der Waals surface area contributed by atoms with Crippen molar-refractivity contribution in [2.75, 3.05) is 52.4 Å². The van der Waals surface area contributed by atoms with Crippen molar-refractivity contribution < 1.29 is 0 Å². The Morgan fingerprint density at radius 2 is 1.43 bits per heavy atom. The molecule has 1 saturated carbocycles. The molecule has 2 fully saturated rings. The van der Waals surface area contributed by atoms with Gasteiger partial charge in [0, 0.05) is 51.9 Å². The van der Waals surface area contributed by atoms with Gasteiger partial charge in [0.15, 0.2) is 0 Å². The van der Waals surface area contributed by atoms with E-state index in [-0.39, 0.29) is 6.04 Å². The molecule has 0 amide bonds. The minimum absolute atomic E-state index is 0.177. The number of hydrogen-bond acceptors (Lipinski definition) is 5. The third-order valence-electron chi connectivity index (χ3n) is 5.73. The predicted molar refractivity (Wildman–Crippen MR) is 89.1 cm³/mol. The van der Waals surface area contributed by atoms with E-state index in [0.29, 0.717) is 12.0 Å². The van der Waals surface area contributed by atoms with Crippen LogP contribution in [0.4, 0.5) is 0 Å². The van der Waals surface area contributed by atoms with E-state index in [1.54, 1.807) is 0 Å². The Morgan fingerprint density at radius 1 is 0.857 bits per heavy atom. The summed E-state index contributed by atoms with van der Waals surface area (Å²) >= 11 is 0. The first-order valence-electron chi connectivity index (χ1n) is 8.80. The summed E-state index contributed by atoms with van der Waals surface area (Å²) in [6.07, 6.45) is 7.81. The van der Waals surface area contributed by atoms with E-state index in [0.717, 1.165) is 26.2 Å². The standard InChI is InChI=1S/C16H35N5/c17-7-9-21-12-10-20(11-13-21)8-6-16(15(19)14-18)4-2-1-3-5-16/h15H,1-14,17-19H2. The summed E-state index contributed by atoms with van der Waals surface area (Å²) in [5.41, 5.74) is 18.2. The van der Waals surface area contributed by atoms with Gasteiger partial charge in [-0.05, 0) is 31.2 Å². The summed E-state index contributed by atoms with van der Waals surface area (Å²) < 4.78 is 0. The summed E-state index contributed by atoms with van der Waals surface area (Å²) in [5.74, 6) is 0. The Morgan fingerprint density at radius 3 is 1.95 bits per heavy atom. The summed E-state index contributed by atoms with van der Waals surface area (Å²) in [7, 11) is 0. The SMILES string of the molecule is NCCN1CCN(CCC2(C(N)CN)CCCCC2)CC1. The molecule has 124 valence electrons. The molecule has 1 heterocycles. The van der Waals surface area contributed by atoms with Crippen LogP contribution >= 0.6 is 0 Å². The maximum absolute atomic E-state index is 6.39. The average molecular weight is 297 g/mol. The third kappa shape index (κ3) is 4.63. The molecule has 1 atom stereocenters. The van der Waals surface area contributed by atoms with Gasteiger partial charge >= 0.3 is 0 Å². The van der Waals surface area contributed by atoms with Crippen molar-refractivity contribution >= 4 is 0 Å². The normalized spacial score (nSPS) is 25.9. The van der Waals surface area contributed by atoms with Gasteiger partial charge in [-0.15, -0.1) is 0 Å². The number of hydrogen-bond donors (Lipinski definition) is 3. The molecule has 1 unspecified atom stereocenters. The Kier molecular flexibility index (Phi) is 6.89. The number of nitrogens with zero attached hydrogens (tertiary/aromatic N) is 2. The molecule has 5 heteroatoms. The summed E-state index contributed by atoms with van der Waals surface area (Å²) in [6, 6.07) is 0.177. The van der Waals surface area contributed by atoms with Gasteiger partial charge in [-0.25, -0.2) is 0 Å². The molecule has 2 aliphatic rings. The van der Waals surface area contributed by atoms with Crippen LogP contribution in [0.1, 0.15) is 38.5 Å². The Labute approximate surface area is 130 Å². The lowest BCUT2D eigenvalue weighted by molar-refractivity contribution is 0.0841. The topological polar surface area (TPSA) is 84.5 Å². The van der Waals surface area contributed by atoms with Gasteiger partial charge in [-0.2, -0.15) is 0 Å². The molecule has 2 rings (SSSR count). The molecule has 0 radical (unpaired) electrons. The van der Waals surface area contributed by atoms with Gasteiger partial charge in [-0.3, -0.25) is 4.90 Å². The lowest BCUT2D eigenvalue weighted by Gasteiger charge is -2.44. The average Bonchev–Trinajstić information content (AvgIpc) is 2.54. The second-order valence-corrected chi connectivity index (χ2v) is 6.99. The molecule has 0 aromatic rings. The highest BCUT2D eigenvalue weighted by Gasteiger charge is 2.37. The zero-order valence-corrected chi connectivity index (χ0v) is 13.6. The highest BCUT2D eigenvalue weighted by Crippen LogP contribution is 2.41. The van der Waals surface area contributed by atoms with E-state index in [4.69, 9.17) is 17.2 Å². The van der Waals surface area contributed by atoms with Crippen molar-refractivity contribution in [2.45, 2.75) is 44.6 Å². The van der Waals surface area contributed by atoms with E-state index in [1.165, 1.54) is 58.2 Å². The smallest absolute Gasteiger partial charge is 0.0220 e. The molecule has 1 aliphatic carbocycles. The molecule has 21 heavy (non-hydrogen) atoms. The van der Waals surface area contributed by atoms with Crippen molar-refractivity contribution in [3.05, 3.63) is 0 Å².